The molecule has 1 atom stereocenters. The molecule has 0 saturated heterocycles. The van der Waals surface area contributed by atoms with Crippen LogP contribution in [-0.2, 0) is 11.3 Å². The maximum atomic E-state index is 5.83. The van der Waals surface area contributed by atoms with Crippen molar-refractivity contribution in [1.29, 1.82) is 0 Å². The Kier molecular flexibility index (Phi) is 4.31. The Morgan fingerprint density at radius 3 is 2.56 bits per heavy atom. The van der Waals surface area contributed by atoms with Gasteiger partial charge in [-0.15, -0.1) is 0 Å². The molecule has 2 rings (SSSR count). The summed E-state index contributed by atoms with van der Waals surface area (Å²) in [5, 5.41) is 2.99. The highest BCUT2D eigenvalue weighted by Gasteiger charge is 2.05. The van der Waals surface area contributed by atoms with E-state index in [-0.39, 0.29) is 6.10 Å². The molecular weight excluding hydrogens is 224 g/mol. The van der Waals surface area contributed by atoms with Gasteiger partial charge in [-0.3, -0.25) is 0 Å². The maximum Gasteiger partial charge on any atom is 0.125 e. The average molecular weight is 242 g/mol. The van der Waals surface area contributed by atoms with Crippen molar-refractivity contribution in [1.82, 2.24) is 4.98 Å². The second kappa shape index (κ2) is 6.17. The van der Waals surface area contributed by atoms with E-state index in [1.165, 1.54) is 5.56 Å². The smallest absolute Gasteiger partial charge is 0.125 e. The van der Waals surface area contributed by atoms with Crippen molar-refractivity contribution in [3.05, 3.63) is 59.8 Å². The van der Waals surface area contributed by atoms with E-state index in [1.807, 2.05) is 43.6 Å². The van der Waals surface area contributed by atoms with Crippen molar-refractivity contribution in [2.75, 3.05) is 12.4 Å². The maximum absolute atomic E-state index is 5.83. The van der Waals surface area contributed by atoms with E-state index in [9.17, 15) is 0 Å². The molecule has 0 saturated carbocycles. The van der Waals surface area contributed by atoms with Gasteiger partial charge in [0.25, 0.3) is 0 Å². The fourth-order valence-corrected chi connectivity index (χ4v) is 1.70. The van der Waals surface area contributed by atoms with E-state index >= 15 is 0 Å². The van der Waals surface area contributed by atoms with Gasteiger partial charge in [-0.05, 0) is 24.1 Å². The Bertz CT molecular complexity index is 468. The van der Waals surface area contributed by atoms with Crippen LogP contribution in [0, 0.1) is 0 Å². The number of nitrogens with one attached hydrogen (secondary N) is 1. The van der Waals surface area contributed by atoms with Crippen LogP contribution in [0.15, 0.2) is 48.7 Å². The van der Waals surface area contributed by atoms with Crippen LogP contribution in [0.3, 0.4) is 0 Å². The minimum atomic E-state index is 0.0928. The van der Waals surface area contributed by atoms with Gasteiger partial charge in [-0.1, -0.05) is 36.4 Å². The first-order valence-electron chi connectivity index (χ1n) is 6.09. The largest absolute Gasteiger partial charge is 0.373 e. The summed E-state index contributed by atoms with van der Waals surface area (Å²) in [6.07, 6.45) is 1.93. The number of pyridine rings is 1. The van der Waals surface area contributed by atoms with E-state index in [0.29, 0.717) is 6.61 Å². The van der Waals surface area contributed by atoms with Crippen molar-refractivity contribution in [3.8, 4) is 0 Å². The molecule has 0 aliphatic carbocycles. The van der Waals surface area contributed by atoms with Crippen molar-refractivity contribution < 1.29 is 4.74 Å². The van der Waals surface area contributed by atoms with E-state index in [2.05, 4.69) is 29.4 Å². The summed E-state index contributed by atoms with van der Waals surface area (Å²) in [6.45, 7) is 2.64. The van der Waals surface area contributed by atoms with Crippen LogP contribution >= 0.6 is 0 Å². The van der Waals surface area contributed by atoms with Gasteiger partial charge in [0.05, 0.1) is 12.7 Å². The van der Waals surface area contributed by atoms with Gasteiger partial charge in [0.1, 0.15) is 5.82 Å². The van der Waals surface area contributed by atoms with Crippen LogP contribution < -0.4 is 5.32 Å². The van der Waals surface area contributed by atoms with Gasteiger partial charge in [0, 0.05) is 13.2 Å². The van der Waals surface area contributed by atoms with Crippen LogP contribution in [0.1, 0.15) is 24.2 Å². The molecular formula is C15H18N2O. The number of nitrogens with zero attached hydrogens (tertiary/aromatic N) is 1. The molecule has 0 fully saturated rings. The lowest BCUT2D eigenvalue weighted by Crippen LogP contribution is -2.01. The van der Waals surface area contributed by atoms with E-state index in [0.717, 1.165) is 11.4 Å². The SMILES string of the molecule is CNc1ccc(COC(C)c2ccccc2)cn1. The predicted octanol–water partition coefficient (Wildman–Crippen LogP) is 3.40. The molecule has 1 unspecified atom stereocenters. The molecule has 0 aliphatic heterocycles. The minimum absolute atomic E-state index is 0.0928. The second-order valence-electron chi connectivity index (χ2n) is 4.17. The highest BCUT2D eigenvalue weighted by molar-refractivity contribution is 5.34. The minimum Gasteiger partial charge on any atom is -0.373 e. The first-order valence-corrected chi connectivity index (χ1v) is 6.09. The molecule has 1 aromatic heterocycles. The molecule has 1 heterocycles. The van der Waals surface area contributed by atoms with Crippen molar-refractivity contribution >= 4 is 5.82 Å². The molecule has 0 aliphatic rings. The third-order valence-corrected chi connectivity index (χ3v) is 2.85. The fourth-order valence-electron chi connectivity index (χ4n) is 1.70. The summed E-state index contributed by atoms with van der Waals surface area (Å²) >= 11 is 0. The van der Waals surface area contributed by atoms with E-state index in [4.69, 9.17) is 4.74 Å². The van der Waals surface area contributed by atoms with Crippen LogP contribution in [0.5, 0.6) is 0 Å². The number of aromatic nitrogens is 1. The van der Waals surface area contributed by atoms with Gasteiger partial charge < -0.3 is 10.1 Å². The lowest BCUT2D eigenvalue weighted by atomic mass is 10.1. The van der Waals surface area contributed by atoms with Crippen molar-refractivity contribution in [2.45, 2.75) is 19.6 Å². The van der Waals surface area contributed by atoms with Crippen LogP contribution in [0.2, 0.25) is 0 Å². The number of hydrogen-bond donors (Lipinski definition) is 1. The topological polar surface area (TPSA) is 34.1 Å². The third kappa shape index (κ3) is 3.31. The zero-order valence-corrected chi connectivity index (χ0v) is 10.8. The second-order valence-corrected chi connectivity index (χ2v) is 4.17. The molecule has 2 aromatic rings. The number of rotatable bonds is 5. The highest BCUT2D eigenvalue weighted by Crippen LogP contribution is 2.18. The summed E-state index contributed by atoms with van der Waals surface area (Å²) < 4.78 is 5.83. The number of anilines is 1. The average Bonchev–Trinajstić information content (AvgIpc) is 2.46. The summed E-state index contributed by atoms with van der Waals surface area (Å²) in [4.78, 5) is 4.26. The number of benzene rings is 1. The summed E-state index contributed by atoms with van der Waals surface area (Å²) in [5.74, 6) is 0.870. The summed E-state index contributed by atoms with van der Waals surface area (Å²) in [5.41, 5.74) is 2.27. The van der Waals surface area contributed by atoms with Crippen molar-refractivity contribution in [2.24, 2.45) is 0 Å². The van der Waals surface area contributed by atoms with Gasteiger partial charge in [0.2, 0.25) is 0 Å². The molecule has 0 amide bonds. The van der Waals surface area contributed by atoms with Crippen LogP contribution in [-0.4, -0.2) is 12.0 Å². The highest BCUT2D eigenvalue weighted by atomic mass is 16.5. The molecule has 0 bridgehead atoms. The monoisotopic (exact) mass is 242 g/mol. The summed E-state index contributed by atoms with van der Waals surface area (Å²) in [7, 11) is 1.86. The van der Waals surface area contributed by atoms with Gasteiger partial charge in [-0.25, -0.2) is 4.98 Å². The van der Waals surface area contributed by atoms with E-state index < -0.39 is 0 Å². The molecule has 94 valence electrons. The quantitative estimate of drug-likeness (QED) is 0.872. The first kappa shape index (κ1) is 12.6. The van der Waals surface area contributed by atoms with Crippen LogP contribution in [0.4, 0.5) is 5.82 Å². The molecule has 1 aromatic carbocycles. The number of ether oxygens (including phenoxy) is 1. The molecule has 1 N–H and O–H groups in total. The molecule has 0 spiro atoms. The molecule has 0 radical (unpaired) electrons. The standard InChI is InChI=1S/C15H18N2O/c1-12(14-6-4-3-5-7-14)18-11-13-8-9-15(16-2)17-10-13/h3-10,12H,11H2,1-2H3,(H,16,17). The Morgan fingerprint density at radius 2 is 1.94 bits per heavy atom. The molecule has 3 heteroatoms. The zero-order valence-electron chi connectivity index (χ0n) is 10.8. The number of hydrogen-bond acceptors (Lipinski definition) is 3. The lowest BCUT2D eigenvalue weighted by molar-refractivity contribution is 0.0524. The van der Waals surface area contributed by atoms with E-state index in [1.54, 1.807) is 0 Å². The zero-order chi connectivity index (χ0) is 12.8. The molecule has 18 heavy (non-hydrogen) atoms. The predicted molar refractivity (Wildman–Crippen MR) is 73.4 cm³/mol. The lowest BCUT2D eigenvalue weighted by Gasteiger charge is -2.13. The van der Waals surface area contributed by atoms with Crippen LogP contribution in [0.25, 0.3) is 0 Å². The van der Waals surface area contributed by atoms with Gasteiger partial charge in [0.15, 0.2) is 0 Å². The Morgan fingerprint density at radius 1 is 1.17 bits per heavy atom. The van der Waals surface area contributed by atoms with Gasteiger partial charge >= 0.3 is 0 Å². The first-order chi connectivity index (χ1) is 8.79. The fraction of sp³-hybridized carbons (Fsp3) is 0.267. The van der Waals surface area contributed by atoms with Gasteiger partial charge in [-0.2, -0.15) is 0 Å². The Labute approximate surface area is 108 Å². The Hall–Kier alpha value is -1.87. The third-order valence-electron chi connectivity index (χ3n) is 2.85. The molecule has 3 nitrogen and oxygen atoms in total. The summed E-state index contributed by atoms with van der Waals surface area (Å²) in [6, 6.07) is 14.2. The van der Waals surface area contributed by atoms with Crippen molar-refractivity contribution in [3.63, 3.8) is 0 Å². The normalized spacial score (nSPS) is 12.1. The Balaban J connectivity index is 1.91.